The molecule has 0 aliphatic carbocycles. The van der Waals surface area contributed by atoms with Gasteiger partial charge in [-0.2, -0.15) is 0 Å². The molecule has 1 N–H and O–H groups in total. The van der Waals surface area contributed by atoms with Gasteiger partial charge in [-0.15, -0.1) is 0 Å². The molecule has 0 atom stereocenters. The number of benzene rings is 1. The van der Waals surface area contributed by atoms with Crippen molar-refractivity contribution < 1.29 is 12.8 Å². The predicted octanol–water partition coefficient (Wildman–Crippen LogP) is 2.60. The number of hydrogen-bond donors (Lipinski definition) is 1. The Morgan fingerprint density at radius 1 is 1.29 bits per heavy atom. The van der Waals surface area contributed by atoms with Crippen molar-refractivity contribution in [2.75, 3.05) is 0 Å². The van der Waals surface area contributed by atoms with Gasteiger partial charge in [0.25, 0.3) is 0 Å². The van der Waals surface area contributed by atoms with Crippen molar-refractivity contribution in [1.82, 2.24) is 4.72 Å². The van der Waals surface area contributed by atoms with E-state index >= 15 is 0 Å². The highest BCUT2D eigenvalue weighted by molar-refractivity contribution is 7.89. The zero-order valence-electron chi connectivity index (χ0n) is 10.3. The summed E-state index contributed by atoms with van der Waals surface area (Å²) in [6.45, 7) is 5.48. The maximum Gasteiger partial charge on any atom is 0.241 e. The van der Waals surface area contributed by atoms with E-state index in [1.54, 1.807) is 6.92 Å². The van der Waals surface area contributed by atoms with Crippen LogP contribution in [0.15, 0.2) is 23.1 Å². The zero-order chi connectivity index (χ0) is 13.1. The van der Waals surface area contributed by atoms with Crippen LogP contribution >= 0.6 is 0 Å². The van der Waals surface area contributed by atoms with E-state index < -0.39 is 15.8 Å². The second-order valence-corrected chi connectivity index (χ2v) is 5.73. The van der Waals surface area contributed by atoms with Gasteiger partial charge in [0, 0.05) is 6.04 Å². The van der Waals surface area contributed by atoms with E-state index in [9.17, 15) is 12.8 Å². The third kappa shape index (κ3) is 3.51. The topological polar surface area (TPSA) is 46.2 Å². The number of halogens is 1. The molecule has 0 radical (unpaired) electrons. The smallest absolute Gasteiger partial charge is 0.208 e. The van der Waals surface area contributed by atoms with E-state index in [-0.39, 0.29) is 10.9 Å². The molecule has 0 fully saturated rings. The molecule has 0 spiro atoms. The fourth-order valence-corrected chi connectivity index (χ4v) is 3.26. The molecule has 96 valence electrons. The minimum Gasteiger partial charge on any atom is -0.208 e. The maximum atomic E-state index is 13.1. The lowest BCUT2D eigenvalue weighted by atomic mass is 10.2. The normalized spacial score (nSPS) is 12.1. The van der Waals surface area contributed by atoms with Crippen molar-refractivity contribution in [2.45, 2.75) is 44.6 Å². The lowest BCUT2D eigenvalue weighted by Crippen LogP contribution is -2.34. The highest BCUT2D eigenvalue weighted by Gasteiger charge is 2.20. The second-order valence-electron chi connectivity index (χ2n) is 4.04. The van der Waals surface area contributed by atoms with Gasteiger partial charge in [0.1, 0.15) is 5.82 Å². The van der Waals surface area contributed by atoms with Crippen LogP contribution in [0.3, 0.4) is 0 Å². The van der Waals surface area contributed by atoms with Crippen LogP contribution in [0.1, 0.15) is 32.3 Å². The Morgan fingerprint density at radius 2 is 1.88 bits per heavy atom. The van der Waals surface area contributed by atoms with Crippen molar-refractivity contribution in [1.29, 1.82) is 0 Å². The lowest BCUT2D eigenvalue weighted by Gasteiger charge is -2.16. The van der Waals surface area contributed by atoms with Gasteiger partial charge >= 0.3 is 0 Å². The first-order valence-electron chi connectivity index (χ1n) is 5.69. The van der Waals surface area contributed by atoms with Gasteiger partial charge in [0.2, 0.25) is 10.0 Å². The molecule has 0 heterocycles. The van der Waals surface area contributed by atoms with Gasteiger partial charge in [0.15, 0.2) is 0 Å². The van der Waals surface area contributed by atoms with Gasteiger partial charge in [0.05, 0.1) is 4.90 Å². The largest absolute Gasteiger partial charge is 0.241 e. The number of aryl methyl sites for hydroxylation is 1. The second kappa shape index (κ2) is 5.60. The van der Waals surface area contributed by atoms with Crippen LogP contribution in [0.4, 0.5) is 4.39 Å². The van der Waals surface area contributed by atoms with Crippen molar-refractivity contribution in [3.05, 3.63) is 29.6 Å². The van der Waals surface area contributed by atoms with Crippen LogP contribution in [0.5, 0.6) is 0 Å². The summed E-state index contributed by atoms with van der Waals surface area (Å²) in [6, 6.07) is 3.67. The van der Waals surface area contributed by atoms with Gasteiger partial charge < -0.3 is 0 Å². The third-order valence-electron chi connectivity index (χ3n) is 2.75. The monoisotopic (exact) mass is 259 g/mol. The van der Waals surface area contributed by atoms with Crippen LogP contribution in [0.2, 0.25) is 0 Å². The molecule has 0 bridgehead atoms. The average Bonchev–Trinajstić information content (AvgIpc) is 2.29. The van der Waals surface area contributed by atoms with Crippen LogP contribution < -0.4 is 4.72 Å². The van der Waals surface area contributed by atoms with Gasteiger partial charge in [-0.05, 0) is 37.5 Å². The molecule has 1 rings (SSSR count). The summed E-state index contributed by atoms with van der Waals surface area (Å²) in [4.78, 5) is 0.0180. The zero-order valence-corrected chi connectivity index (χ0v) is 11.1. The number of rotatable bonds is 5. The SMILES string of the molecule is CCC(CC)NS(=O)(=O)c1cc(F)ccc1C. The molecule has 3 nitrogen and oxygen atoms in total. The molecular weight excluding hydrogens is 241 g/mol. The average molecular weight is 259 g/mol. The van der Waals surface area contributed by atoms with E-state index in [1.807, 2.05) is 13.8 Å². The Balaban J connectivity index is 3.09. The standard InChI is InChI=1S/C12H18FNO2S/c1-4-11(5-2)14-17(15,16)12-8-10(13)7-6-9(12)3/h6-8,11,14H,4-5H2,1-3H3. The lowest BCUT2D eigenvalue weighted by molar-refractivity contribution is 0.528. The quantitative estimate of drug-likeness (QED) is 0.883. The predicted molar refractivity (Wildman–Crippen MR) is 65.8 cm³/mol. The molecule has 0 aliphatic heterocycles. The van der Waals surface area contributed by atoms with Crippen LogP contribution in [0.25, 0.3) is 0 Å². The molecule has 0 aliphatic rings. The van der Waals surface area contributed by atoms with Crippen molar-refractivity contribution >= 4 is 10.0 Å². The van der Waals surface area contributed by atoms with Crippen molar-refractivity contribution in [3.8, 4) is 0 Å². The third-order valence-corrected chi connectivity index (χ3v) is 4.41. The molecule has 0 amide bonds. The number of sulfonamides is 1. The Morgan fingerprint density at radius 3 is 2.41 bits per heavy atom. The highest BCUT2D eigenvalue weighted by Crippen LogP contribution is 2.17. The van der Waals surface area contributed by atoms with Crippen LogP contribution in [-0.2, 0) is 10.0 Å². The Labute approximate surface area is 102 Å². The molecule has 17 heavy (non-hydrogen) atoms. The first kappa shape index (κ1) is 14.1. The molecule has 1 aromatic carbocycles. The first-order valence-corrected chi connectivity index (χ1v) is 7.17. The molecule has 0 saturated carbocycles. The molecule has 0 saturated heterocycles. The molecule has 1 aromatic rings. The first-order chi connectivity index (χ1) is 7.90. The summed E-state index contributed by atoms with van der Waals surface area (Å²) in [5.41, 5.74) is 0.546. The van der Waals surface area contributed by atoms with Crippen LogP contribution in [0, 0.1) is 12.7 Å². The molecule has 0 unspecified atom stereocenters. The van der Waals surface area contributed by atoms with E-state index in [1.165, 1.54) is 12.1 Å². The van der Waals surface area contributed by atoms with E-state index in [4.69, 9.17) is 0 Å². The summed E-state index contributed by atoms with van der Waals surface area (Å²) >= 11 is 0. The minimum absolute atomic E-state index is 0.0180. The fourth-order valence-electron chi connectivity index (χ4n) is 1.60. The highest BCUT2D eigenvalue weighted by atomic mass is 32.2. The maximum absolute atomic E-state index is 13.1. The van der Waals surface area contributed by atoms with Gasteiger partial charge in [-0.1, -0.05) is 19.9 Å². The molecular formula is C12H18FNO2S. The van der Waals surface area contributed by atoms with Crippen molar-refractivity contribution in [2.24, 2.45) is 0 Å². The Bertz CT molecular complexity index is 481. The van der Waals surface area contributed by atoms with E-state index in [2.05, 4.69) is 4.72 Å². The van der Waals surface area contributed by atoms with Gasteiger partial charge in [-0.25, -0.2) is 17.5 Å². The minimum atomic E-state index is -3.63. The fraction of sp³-hybridized carbons (Fsp3) is 0.500. The summed E-state index contributed by atoms with van der Waals surface area (Å²) < 4.78 is 39.8. The van der Waals surface area contributed by atoms with Crippen molar-refractivity contribution in [3.63, 3.8) is 0 Å². The van der Waals surface area contributed by atoms with Gasteiger partial charge in [-0.3, -0.25) is 0 Å². The molecule has 0 aromatic heterocycles. The van der Waals surface area contributed by atoms with E-state index in [0.29, 0.717) is 18.4 Å². The summed E-state index contributed by atoms with van der Waals surface area (Å²) in [6.07, 6.45) is 1.42. The Kier molecular flexibility index (Phi) is 4.65. The van der Waals surface area contributed by atoms with E-state index in [0.717, 1.165) is 6.07 Å². The summed E-state index contributed by atoms with van der Waals surface area (Å²) in [5, 5.41) is 0. The summed E-state index contributed by atoms with van der Waals surface area (Å²) in [7, 11) is -3.63. The summed E-state index contributed by atoms with van der Waals surface area (Å²) in [5.74, 6) is -0.541. The van der Waals surface area contributed by atoms with Crippen LogP contribution in [-0.4, -0.2) is 14.5 Å². The number of hydrogen-bond acceptors (Lipinski definition) is 2. The Hall–Kier alpha value is -0.940. The molecule has 5 heteroatoms. The number of nitrogens with one attached hydrogen (secondary N) is 1.